The van der Waals surface area contributed by atoms with Crippen LogP contribution >= 0.6 is 0 Å². The number of nitrogens with one attached hydrogen (secondary N) is 1. The van der Waals surface area contributed by atoms with Gasteiger partial charge in [0.15, 0.2) is 0 Å². The first kappa shape index (κ1) is 14.9. The minimum Gasteiger partial charge on any atom is -0.320 e. The lowest BCUT2D eigenvalue weighted by molar-refractivity contribution is -0.136. The second kappa shape index (κ2) is 5.66. The fourth-order valence-corrected chi connectivity index (χ4v) is 2.70. The summed E-state index contributed by atoms with van der Waals surface area (Å²) in [5, 5.41) is 2.15. The number of rotatable bonds is 1. The molecule has 0 saturated carbocycles. The van der Waals surface area contributed by atoms with Crippen molar-refractivity contribution in [3.63, 3.8) is 0 Å². The summed E-state index contributed by atoms with van der Waals surface area (Å²) in [4.78, 5) is 49.0. The summed E-state index contributed by atoms with van der Waals surface area (Å²) in [5.41, 5.74) is 6.33. The lowest BCUT2D eigenvalue weighted by atomic mass is 10.0. The van der Waals surface area contributed by atoms with Crippen molar-refractivity contribution in [3.8, 4) is 11.8 Å². The van der Waals surface area contributed by atoms with Crippen LogP contribution in [0.1, 0.15) is 39.1 Å². The maximum absolute atomic E-state index is 12.5. The third kappa shape index (κ3) is 2.49. The predicted octanol–water partition coefficient (Wildman–Crippen LogP) is -0.602. The van der Waals surface area contributed by atoms with Gasteiger partial charge in [0, 0.05) is 12.0 Å². The SMILES string of the molecule is NCC#Cc1ccc2c(c1)C(=O)N(C1CCC(=O)NC1=O)C2=O. The summed E-state index contributed by atoms with van der Waals surface area (Å²) >= 11 is 0. The van der Waals surface area contributed by atoms with Crippen LogP contribution in [0.5, 0.6) is 0 Å². The van der Waals surface area contributed by atoms with E-state index in [1.54, 1.807) is 6.07 Å². The van der Waals surface area contributed by atoms with Crippen molar-refractivity contribution < 1.29 is 19.2 Å². The highest BCUT2D eigenvalue weighted by molar-refractivity contribution is 6.23. The van der Waals surface area contributed by atoms with E-state index in [1.165, 1.54) is 12.1 Å². The molecule has 1 aromatic rings. The van der Waals surface area contributed by atoms with Gasteiger partial charge in [-0.05, 0) is 24.6 Å². The molecule has 2 aliphatic heterocycles. The third-order valence-electron chi connectivity index (χ3n) is 3.77. The van der Waals surface area contributed by atoms with Crippen molar-refractivity contribution in [1.82, 2.24) is 10.2 Å². The van der Waals surface area contributed by atoms with E-state index < -0.39 is 29.7 Å². The summed E-state index contributed by atoms with van der Waals surface area (Å²) in [5.74, 6) is 3.37. The standard InChI is InChI=1S/C16H13N3O4/c17-7-1-2-9-3-4-10-11(8-9)16(23)19(15(10)22)12-5-6-13(20)18-14(12)21/h3-4,8,12H,5-7,17H2,(H,18,20,21). The molecular formula is C16H13N3O4. The average molecular weight is 311 g/mol. The summed E-state index contributed by atoms with van der Waals surface area (Å²) in [7, 11) is 0. The molecule has 1 atom stereocenters. The van der Waals surface area contributed by atoms with Crippen molar-refractivity contribution >= 4 is 23.6 Å². The largest absolute Gasteiger partial charge is 0.320 e. The molecule has 7 nitrogen and oxygen atoms in total. The number of hydrogen-bond acceptors (Lipinski definition) is 5. The van der Waals surface area contributed by atoms with Gasteiger partial charge in [0.05, 0.1) is 17.7 Å². The zero-order chi connectivity index (χ0) is 16.6. The second-order valence-electron chi connectivity index (χ2n) is 5.21. The molecular weight excluding hydrogens is 298 g/mol. The Labute approximate surface area is 131 Å². The molecule has 23 heavy (non-hydrogen) atoms. The summed E-state index contributed by atoms with van der Waals surface area (Å²) in [6.07, 6.45) is 0.229. The Balaban J connectivity index is 1.94. The zero-order valence-electron chi connectivity index (χ0n) is 12.1. The van der Waals surface area contributed by atoms with Gasteiger partial charge in [-0.2, -0.15) is 0 Å². The van der Waals surface area contributed by atoms with Gasteiger partial charge in [-0.25, -0.2) is 0 Å². The van der Waals surface area contributed by atoms with Crippen molar-refractivity contribution in [2.24, 2.45) is 5.73 Å². The maximum atomic E-state index is 12.5. The Morgan fingerprint density at radius 3 is 2.61 bits per heavy atom. The average Bonchev–Trinajstić information content (AvgIpc) is 2.77. The Hall–Kier alpha value is -2.98. The maximum Gasteiger partial charge on any atom is 0.262 e. The molecule has 3 N–H and O–H groups in total. The summed E-state index contributed by atoms with van der Waals surface area (Å²) in [6, 6.07) is 3.70. The molecule has 1 aromatic carbocycles. The van der Waals surface area contributed by atoms with Crippen LogP contribution < -0.4 is 11.1 Å². The molecule has 0 radical (unpaired) electrons. The fourth-order valence-electron chi connectivity index (χ4n) is 2.70. The molecule has 3 rings (SSSR count). The lowest BCUT2D eigenvalue weighted by Gasteiger charge is -2.27. The van der Waals surface area contributed by atoms with Gasteiger partial charge >= 0.3 is 0 Å². The van der Waals surface area contributed by atoms with E-state index in [0.717, 1.165) is 4.90 Å². The molecule has 0 aliphatic carbocycles. The second-order valence-corrected chi connectivity index (χ2v) is 5.21. The molecule has 0 spiro atoms. The Morgan fingerprint density at radius 2 is 1.91 bits per heavy atom. The van der Waals surface area contributed by atoms with Crippen LogP contribution in [0.4, 0.5) is 0 Å². The van der Waals surface area contributed by atoms with Gasteiger partial charge in [-0.1, -0.05) is 11.8 Å². The van der Waals surface area contributed by atoms with Crippen LogP contribution in [-0.2, 0) is 9.59 Å². The fraction of sp³-hybridized carbons (Fsp3) is 0.250. The van der Waals surface area contributed by atoms with E-state index in [-0.39, 0.29) is 30.5 Å². The van der Waals surface area contributed by atoms with Crippen LogP contribution in [0.2, 0.25) is 0 Å². The van der Waals surface area contributed by atoms with Gasteiger partial charge in [-0.3, -0.25) is 29.4 Å². The lowest BCUT2D eigenvalue weighted by Crippen LogP contribution is -2.54. The minimum atomic E-state index is -0.960. The minimum absolute atomic E-state index is 0.0943. The number of amides is 4. The number of piperidine rings is 1. The van der Waals surface area contributed by atoms with E-state index in [1.807, 2.05) is 0 Å². The highest BCUT2D eigenvalue weighted by atomic mass is 16.2. The van der Waals surface area contributed by atoms with E-state index in [2.05, 4.69) is 17.2 Å². The van der Waals surface area contributed by atoms with Crippen LogP contribution in [0.3, 0.4) is 0 Å². The monoisotopic (exact) mass is 311 g/mol. The van der Waals surface area contributed by atoms with Crippen LogP contribution in [0.15, 0.2) is 18.2 Å². The normalized spacial score (nSPS) is 20.0. The molecule has 116 valence electrons. The number of fused-ring (bicyclic) bond motifs is 1. The molecule has 1 unspecified atom stereocenters. The number of imide groups is 2. The first-order valence-electron chi connectivity index (χ1n) is 7.07. The van der Waals surface area contributed by atoms with Crippen LogP contribution in [0.25, 0.3) is 0 Å². The van der Waals surface area contributed by atoms with Crippen LogP contribution in [0, 0.1) is 11.8 Å². The zero-order valence-corrected chi connectivity index (χ0v) is 12.1. The highest BCUT2D eigenvalue weighted by Gasteiger charge is 2.44. The molecule has 7 heteroatoms. The number of nitrogens with zero attached hydrogens (tertiary/aromatic N) is 1. The van der Waals surface area contributed by atoms with E-state index in [0.29, 0.717) is 5.56 Å². The predicted molar refractivity (Wildman–Crippen MR) is 79.0 cm³/mol. The van der Waals surface area contributed by atoms with Gasteiger partial charge in [0.2, 0.25) is 11.8 Å². The topological polar surface area (TPSA) is 110 Å². The van der Waals surface area contributed by atoms with E-state index in [4.69, 9.17) is 5.73 Å². The van der Waals surface area contributed by atoms with Crippen molar-refractivity contribution in [3.05, 3.63) is 34.9 Å². The Kier molecular flexibility index (Phi) is 3.68. The number of benzene rings is 1. The molecule has 2 aliphatic rings. The number of hydrogen-bond donors (Lipinski definition) is 2. The van der Waals surface area contributed by atoms with Gasteiger partial charge < -0.3 is 5.73 Å². The van der Waals surface area contributed by atoms with Gasteiger partial charge in [0.1, 0.15) is 6.04 Å². The van der Waals surface area contributed by atoms with Crippen molar-refractivity contribution in [2.45, 2.75) is 18.9 Å². The van der Waals surface area contributed by atoms with E-state index >= 15 is 0 Å². The van der Waals surface area contributed by atoms with Crippen molar-refractivity contribution in [2.75, 3.05) is 6.54 Å². The summed E-state index contributed by atoms with van der Waals surface area (Å²) < 4.78 is 0. The molecule has 1 fully saturated rings. The molecule has 1 saturated heterocycles. The smallest absolute Gasteiger partial charge is 0.262 e. The van der Waals surface area contributed by atoms with Gasteiger partial charge in [0.25, 0.3) is 11.8 Å². The van der Waals surface area contributed by atoms with Gasteiger partial charge in [-0.15, -0.1) is 0 Å². The summed E-state index contributed by atoms with van der Waals surface area (Å²) in [6.45, 7) is 0.187. The molecule has 0 bridgehead atoms. The first-order chi connectivity index (χ1) is 11.0. The van der Waals surface area contributed by atoms with Crippen LogP contribution in [-0.4, -0.2) is 41.1 Å². The number of nitrogens with two attached hydrogens (primary N) is 1. The molecule has 4 amide bonds. The highest BCUT2D eigenvalue weighted by Crippen LogP contribution is 2.28. The van der Waals surface area contributed by atoms with E-state index in [9.17, 15) is 19.2 Å². The third-order valence-corrected chi connectivity index (χ3v) is 3.77. The Bertz CT molecular complexity index is 803. The molecule has 2 heterocycles. The molecule has 0 aromatic heterocycles. The number of carbonyl (C=O) groups is 4. The Morgan fingerprint density at radius 1 is 1.17 bits per heavy atom. The number of carbonyl (C=O) groups excluding carboxylic acids is 4. The van der Waals surface area contributed by atoms with Crippen molar-refractivity contribution in [1.29, 1.82) is 0 Å². The first-order valence-corrected chi connectivity index (χ1v) is 7.07. The quantitative estimate of drug-likeness (QED) is 0.531.